The van der Waals surface area contributed by atoms with Crippen molar-refractivity contribution in [1.29, 1.82) is 5.26 Å². The molecule has 1 aromatic rings. The van der Waals surface area contributed by atoms with Gasteiger partial charge in [-0.05, 0) is 17.7 Å². The van der Waals surface area contributed by atoms with Gasteiger partial charge >= 0.3 is 0 Å². The molecule has 1 aromatic carbocycles. The molecule has 0 aliphatic rings. The maximum absolute atomic E-state index is 12.9. The summed E-state index contributed by atoms with van der Waals surface area (Å²) in [5, 5.41) is 8.42. The summed E-state index contributed by atoms with van der Waals surface area (Å²) < 4.78 is 17.7. The monoisotopic (exact) mass is 195 g/mol. The molecule has 0 radical (unpaired) electrons. The lowest BCUT2D eigenvalue weighted by atomic mass is 10.1. The van der Waals surface area contributed by atoms with Crippen LogP contribution in [-0.2, 0) is 11.3 Å². The summed E-state index contributed by atoms with van der Waals surface area (Å²) in [6, 6.07) is 6.18. The van der Waals surface area contributed by atoms with Crippen molar-refractivity contribution in [2.45, 2.75) is 20.5 Å². The van der Waals surface area contributed by atoms with Crippen LogP contribution in [0.3, 0.4) is 0 Å². The topological polar surface area (TPSA) is 33.0 Å². The molecule has 0 aliphatic carbocycles. The van der Waals surface area contributed by atoms with E-state index in [9.17, 15) is 4.39 Å². The quantitative estimate of drug-likeness (QED) is 0.727. The molecule has 0 heterocycles. The van der Waals surface area contributed by atoms with Crippen molar-refractivity contribution < 1.29 is 9.13 Å². The molecule has 0 unspecified atom stereocenters. The van der Waals surface area contributed by atoms with Crippen molar-refractivity contribution in [2.24, 2.45) is 0 Å². The molecule has 0 saturated heterocycles. The van der Waals surface area contributed by atoms with E-state index < -0.39 is 5.82 Å². The number of rotatable bonds is 2. The predicted octanol–water partition coefficient (Wildman–Crippen LogP) is 2.87. The van der Waals surface area contributed by atoms with Crippen molar-refractivity contribution in [3.63, 3.8) is 0 Å². The van der Waals surface area contributed by atoms with Crippen LogP contribution in [0.4, 0.5) is 4.39 Å². The van der Waals surface area contributed by atoms with E-state index in [1.165, 1.54) is 19.2 Å². The molecule has 0 atom stereocenters. The summed E-state index contributed by atoms with van der Waals surface area (Å²) in [6.07, 6.45) is 0. The highest BCUT2D eigenvalue weighted by molar-refractivity contribution is 5.33. The second kappa shape index (κ2) is 7.05. The second-order valence-corrected chi connectivity index (χ2v) is 2.36. The van der Waals surface area contributed by atoms with Gasteiger partial charge in [-0.3, -0.25) is 0 Å². The molecule has 1 rings (SSSR count). The molecule has 2 nitrogen and oxygen atoms in total. The minimum atomic E-state index is -0.493. The van der Waals surface area contributed by atoms with E-state index in [4.69, 9.17) is 10.00 Å². The number of ether oxygens (including phenoxy) is 1. The minimum Gasteiger partial charge on any atom is -0.380 e. The highest BCUT2D eigenvalue weighted by atomic mass is 19.1. The first-order valence-corrected chi connectivity index (χ1v) is 4.45. The lowest BCUT2D eigenvalue weighted by molar-refractivity contribution is 0.184. The fraction of sp³-hybridized carbons (Fsp3) is 0.364. The molecule has 0 aliphatic heterocycles. The van der Waals surface area contributed by atoms with Gasteiger partial charge in [-0.1, -0.05) is 19.9 Å². The van der Waals surface area contributed by atoms with E-state index in [-0.39, 0.29) is 5.56 Å². The molecule has 14 heavy (non-hydrogen) atoms. The third kappa shape index (κ3) is 3.55. The number of hydrogen-bond acceptors (Lipinski definition) is 2. The molecule has 0 fully saturated rings. The van der Waals surface area contributed by atoms with Gasteiger partial charge in [0.15, 0.2) is 0 Å². The number of nitrogens with zero attached hydrogens (tertiary/aromatic N) is 1. The Morgan fingerprint density at radius 2 is 2.07 bits per heavy atom. The average Bonchev–Trinajstić information content (AvgIpc) is 2.22. The highest BCUT2D eigenvalue weighted by Crippen LogP contribution is 2.09. The fourth-order valence-electron chi connectivity index (χ4n) is 0.906. The van der Waals surface area contributed by atoms with Crippen LogP contribution in [-0.4, -0.2) is 7.11 Å². The third-order valence-electron chi connectivity index (χ3n) is 1.46. The summed E-state index contributed by atoms with van der Waals surface area (Å²) in [5.74, 6) is -0.493. The maximum Gasteiger partial charge on any atom is 0.141 e. The lowest BCUT2D eigenvalue weighted by Gasteiger charge is -1.99. The number of nitriles is 1. The van der Waals surface area contributed by atoms with Gasteiger partial charge in [0.25, 0.3) is 0 Å². The van der Waals surface area contributed by atoms with Crippen molar-refractivity contribution in [3.8, 4) is 6.07 Å². The van der Waals surface area contributed by atoms with Crippen molar-refractivity contribution in [3.05, 3.63) is 35.1 Å². The Bertz CT molecular complexity index is 318. The summed E-state index contributed by atoms with van der Waals surface area (Å²) >= 11 is 0. The van der Waals surface area contributed by atoms with Gasteiger partial charge in [0, 0.05) is 7.11 Å². The molecule has 76 valence electrons. The van der Waals surface area contributed by atoms with E-state index in [2.05, 4.69) is 0 Å². The minimum absolute atomic E-state index is 0.0647. The predicted molar refractivity (Wildman–Crippen MR) is 53.2 cm³/mol. The molecule has 0 saturated carbocycles. The molecule has 0 amide bonds. The molecule has 0 aromatic heterocycles. The summed E-state index contributed by atoms with van der Waals surface area (Å²) in [6.45, 7) is 4.36. The van der Waals surface area contributed by atoms with Gasteiger partial charge < -0.3 is 4.74 Å². The maximum atomic E-state index is 12.9. The van der Waals surface area contributed by atoms with E-state index in [0.29, 0.717) is 6.61 Å². The third-order valence-corrected chi connectivity index (χ3v) is 1.46. The van der Waals surface area contributed by atoms with Gasteiger partial charge in [0.2, 0.25) is 0 Å². The van der Waals surface area contributed by atoms with Crippen LogP contribution in [0.25, 0.3) is 0 Å². The Hall–Kier alpha value is -1.40. The lowest BCUT2D eigenvalue weighted by Crippen LogP contribution is -1.90. The van der Waals surface area contributed by atoms with E-state index in [0.717, 1.165) is 5.56 Å². The first-order chi connectivity index (χ1) is 6.77. The van der Waals surface area contributed by atoms with E-state index in [1.807, 2.05) is 13.8 Å². The standard InChI is InChI=1S/C9H8FNO.C2H6/c1-12-6-7-2-3-8(5-11)9(10)4-7;1-2/h2-4H,6H2,1H3;1-2H3. The van der Waals surface area contributed by atoms with Crippen molar-refractivity contribution in [1.82, 2.24) is 0 Å². The van der Waals surface area contributed by atoms with Gasteiger partial charge in [-0.2, -0.15) is 5.26 Å². The van der Waals surface area contributed by atoms with E-state index >= 15 is 0 Å². The van der Waals surface area contributed by atoms with Gasteiger partial charge in [0.1, 0.15) is 11.9 Å². The zero-order chi connectivity index (χ0) is 11.0. The summed E-state index contributed by atoms with van der Waals surface area (Å²) in [4.78, 5) is 0. The number of methoxy groups -OCH3 is 1. The van der Waals surface area contributed by atoms with Gasteiger partial charge in [-0.25, -0.2) is 4.39 Å². The Labute approximate surface area is 83.9 Å². The molecular weight excluding hydrogens is 181 g/mol. The molecule has 0 bridgehead atoms. The smallest absolute Gasteiger partial charge is 0.141 e. The van der Waals surface area contributed by atoms with Crippen LogP contribution in [0.15, 0.2) is 18.2 Å². The Morgan fingerprint density at radius 3 is 2.50 bits per heavy atom. The van der Waals surface area contributed by atoms with Crippen LogP contribution < -0.4 is 0 Å². The number of hydrogen-bond donors (Lipinski definition) is 0. The number of benzene rings is 1. The zero-order valence-electron chi connectivity index (χ0n) is 8.67. The normalized spacial score (nSPS) is 8.50. The van der Waals surface area contributed by atoms with E-state index in [1.54, 1.807) is 12.1 Å². The van der Waals surface area contributed by atoms with Crippen LogP contribution in [0, 0.1) is 17.1 Å². The first-order valence-electron chi connectivity index (χ1n) is 4.45. The Morgan fingerprint density at radius 1 is 1.43 bits per heavy atom. The largest absolute Gasteiger partial charge is 0.380 e. The molecule has 0 spiro atoms. The summed E-state index contributed by atoms with van der Waals surface area (Å²) in [5.41, 5.74) is 0.795. The van der Waals surface area contributed by atoms with Crippen molar-refractivity contribution >= 4 is 0 Å². The van der Waals surface area contributed by atoms with Crippen LogP contribution in [0.5, 0.6) is 0 Å². The SMILES string of the molecule is CC.COCc1ccc(C#N)c(F)c1. The number of halogens is 1. The summed E-state index contributed by atoms with van der Waals surface area (Å²) in [7, 11) is 1.54. The zero-order valence-corrected chi connectivity index (χ0v) is 8.67. The molecule has 3 heteroatoms. The molecule has 0 N–H and O–H groups in total. The van der Waals surface area contributed by atoms with Gasteiger partial charge in [-0.15, -0.1) is 0 Å². The Balaban J connectivity index is 0.000000791. The van der Waals surface area contributed by atoms with Crippen LogP contribution in [0.2, 0.25) is 0 Å². The fourth-order valence-corrected chi connectivity index (χ4v) is 0.906. The van der Waals surface area contributed by atoms with Gasteiger partial charge in [0.05, 0.1) is 12.2 Å². The molecular formula is C11H14FNO. The van der Waals surface area contributed by atoms with Crippen molar-refractivity contribution in [2.75, 3.05) is 7.11 Å². The second-order valence-electron chi connectivity index (χ2n) is 2.36. The highest BCUT2D eigenvalue weighted by Gasteiger charge is 2.01. The first kappa shape index (κ1) is 12.6. The average molecular weight is 195 g/mol. The van der Waals surface area contributed by atoms with Crippen LogP contribution in [0.1, 0.15) is 25.0 Å². The van der Waals surface area contributed by atoms with Crippen LogP contribution >= 0.6 is 0 Å². The Kier molecular flexibility index (Phi) is 6.34.